The minimum atomic E-state index is 0.682. The van der Waals surface area contributed by atoms with E-state index in [1.54, 1.807) is 0 Å². The Kier molecular flexibility index (Phi) is 2.87. The smallest absolute Gasteiger partial charge is 0.177 e. The molecule has 0 fully saturated rings. The van der Waals surface area contributed by atoms with Crippen molar-refractivity contribution in [3.63, 3.8) is 0 Å². The maximum absolute atomic E-state index is 5.42. The number of para-hydroxylation sites is 1. The standard InChI is InChI=1S/C11H15N3O/c1-8-4-2-5-9-10(8)15-14-11(9)13-7-3-6-12/h2,4-5H,3,6-7,12H2,1H3,(H,13,14). The van der Waals surface area contributed by atoms with Crippen molar-refractivity contribution in [2.24, 2.45) is 5.73 Å². The molecule has 0 aliphatic rings. The summed E-state index contributed by atoms with van der Waals surface area (Å²) in [6.45, 7) is 3.52. The molecule has 0 saturated heterocycles. The number of aryl methyl sites for hydroxylation is 1. The molecule has 0 atom stereocenters. The summed E-state index contributed by atoms with van der Waals surface area (Å²) >= 11 is 0. The number of benzene rings is 1. The molecule has 1 aromatic carbocycles. The minimum absolute atomic E-state index is 0.682. The fourth-order valence-electron chi connectivity index (χ4n) is 1.54. The lowest BCUT2D eigenvalue weighted by atomic mass is 10.2. The summed E-state index contributed by atoms with van der Waals surface area (Å²) in [5.41, 5.74) is 7.38. The first-order valence-electron chi connectivity index (χ1n) is 5.12. The van der Waals surface area contributed by atoms with Crippen molar-refractivity contribution in [3.8, 4) is 0 Å². The second kappa shape index (κ2) is 4.31. The van der Waals surface area contributed by atoms with Gasteiger partial charge in [-0.25, -0.2) is 0 Å². The first kappa shape index (κ1) is 9.98. The van der Waals surface area contributed by atoms with E-state index in [4.69, 9.17) is 10.3 Å². The molecule has 3 N–H and O–H groups in total. The fourth-order valence-corrected chi connectivity index (χ4v) is 1.54. The summed E-state index contributed by atoms with van der Waals surface area (Å²) in [6.07, 6.45) is 0.931. The lowest BCUT2D eigenvalue weighted by Crippen LogP contribution is -2.08. The summed E-state index contributed by atoms with van der Waals surface area (Å²) in [5, 5.41) is 8.25. The van der Waals surface area contributed by atoms with Crippen molar-refractivity contribution in [1.82, 2.24) is 5.16 Å². The van der Waals surface area contributed by atoms with Crippen LogP contribution in [0.5, 0.6) is 0 Å². The summed E-state index contributed by atoms with van der Waals surface area (Å²) in [7, 11) is 0. The van der Waals surface area contributed by atoms with Gasteiger partial charge in [-0.2, -0.15) is 0 Å². The monoisotopic (exact) mass is 205 g/mol. The molecule has 0 saturated carbocycles. The van der Waals surface area contributed by atoms with Crippen molar-refractivity contribution in [3.05, 3.63) is 23.8 Å². The number of hydrogen-bond acceptors (Lipinski definition) is 4. The molecular weight excluding hydrogens is 190 g/mol. The van der Waals surface area contributed by atoms with Crippen LogP contribution in [0.3, 0.4) is 0 Å². The van der Waals surface area contributed by atoms with Gasteiger partial charge in [0.2, 0.25) is 0 Å². The molecule has 2 rings (SSSR count). The van der Waals surface area contributed by atoms with E-state index >= 15 is 0 Å². The summed E-state index contributed by atoms with van der Waals surface area (Å²) in [5.74, 6) is 0.808. The van der Waals surface area contributed by atoms with Crippen molar-refractivity contribution in [2.75, 3.05) is 18.4 Å². The Labute approximate surface area is 88.4 Å². The van der Waals surface area contributed by atoms with Gasteiger partial charge in [-0.05, 0) is 31.5 Å². The van der Waals surface area contributed by atoms with Crippen LogP contribution in [0.15, 0.2) is 22.7 Å². The van der Waals surface area contributed by atoms with Crippen LogP contribution in [-0.4, -0.2) is 18.2 Å². The first-order chi connectivity index (χ1) is 7.33. The first-order valence-corrected chi connectivity index (χ1v) is 5.12. The van der Waals surface area contributed by atoms with Gasteiger partial charge >= 0.3 is 0 Å². The zero-order valence-electron chi connectivity index (χ0n) is 8.79. The van der Waals surface area contributed by atoms with Gasteiger partial charge in [0.15, 0.2) is 11.4 Å². The number of anilines is 1. The minimum Gasteiger partial charge on any atom is -0.367 e. The van der Waals surface area contributed by atoms with Crippen LogP contribution in [0, 0.1) is 6.92 Å². The molecular formula is C11H15N3O. The van der Waals surface area contributed by atoms with E-state index in [2.05, 4.69) is 10.5 Å². The van der Waals surface area contributed by atoms with E-state index in [0.29, 0.717) is 6.54 Å². The zero-order valence-corrected chi connectivity index (χ0v) is 8.79. The molecule has 1 aromatic heterocycles. The Morgan fingerprint density at radius 3 is 3.13 bits per heavy atom. The summed E-state index contributed by atoms with van der Waals surface area (Å²) in [4.78, 5) is 0. The maximum atomic E-state index is 5.42. The highest BCUT2D eigenvalue weighted by Crippen LogP contribution is 2.24. The van der Waals surface area contributed by atoms with E-state index in [1.165, 1.54) is 0 Å². The van der Waals surface area contributed by atoms with Crippen LogP contribution in [0.4, 0.5) is 5.82 Å². The van der Waals surface area contributed by atoms with Gasteiger partial charge in [0, 0.05) is 6.54 Å². The Morgan fingerprint density at radius 1 is 1.47 bits per heavy atom. The van der Waals surface area contributed by atoms with E-state index in [9.17, 15) is 0 Å². The van der Waals surface area contributed by atoms with Crippen LogP contribution in [0.1, 0.15) is 12.0 Å². The van der Waals surface area contributed by atoms with Crippen LogP contribution >= 0.6 is 0 Å². The highest BCUT2D eigenvalue weighted by molar-refractivity contribution is 5.89. The molecule has 0 aliphatic carbocycles. The zero-order chi connectivity index (χ0) is 10.7. The molecule has 0 amide bonds. The second-order valence-electron chi connectivity index (χ2n) is 3.55. The van der Waals surface area contributed by atoms with E-state index in [1.807, 2.05) is 25.1 Å². The number of rotatable bonds is 4. The molecule has 4 nitrogen and oxygen atoms in total. The highest BCUT2D eigenvalue weighted by atomic mass is 16.5. The van der Waals surface area contributed by atoms with Gasteiger partial charge in [-0.15, -0.1) is 0 Å². The SMILES string of the molecule is Cc1cccc2c(NCCCN)noc12. The number of nitrogens with zero attached hydrogens (tertiary/aromatic N) is 1. The largest absolute Gasteiger partial charge is 0.367 e. The number of nitrogens with one attached hydrogen (secondary N) is 1. The Morgan fingerprint density at radius 2 is 2.33 bits per heavy atom. The van der Waals surface area contributed by atoms with Gasteiger partial charge in [0.05, 0.1) is 5.39 Å². The van der Waals surface area contributed by atoms with Crippen molar-refractivity contribution < 1.29 is 4.52 Å². The van der Waals surface area contributed by atoms with Gasteiger partial charge in [-0.3, -0.25) is 0 Å². The molecule has 0 aliphatic heterocycles. The van der Waals surface area contributed by atoms with Crippen molar-refractivity contribution in [2.45, 2.75) is 13.3 Å². The lowest BCUT2D eigenvalue weighted by molar-refractivity contribution is 0.458. The number of hydrogen-bond donors (Lipinski definition) is 2. The third-order valence-electron chi connectivity index (χ3n) is 2.37. The topological polar surface area (TPSA) is 64.1 Å². The molecule has 0 unspecified atom stereocenters. The number of fused-ring (bicyclic) bond motifs is 1. The molecule has 2 aromatic rings. The predicted octanol–water partition coefficient (Wildman–Crippen LogP) is 1.90. The Balaban J connectivity index is 2.25. The third-order valence-corrected chi connectivity index (χ3v) is 2.37. The third kappa shape index (κ3) is 1.94. The molecule has 1 heterocycles. The van der Waals surface area contributed by atoms with Crippen LogP contribution in [-0.2, 0) is 0 Å². The molecule has 0 bridgehead atoms. The molecule has 80 valence electrons. The highest BCUT2D eigenvalue weighted by Gasteiger charge is 2.08. The van der Waals surface area contributed by atoms with E-state index in [-0.39, 0.29) is 0 Å². The van der Waals surface area contributed by atoms with Crippen LogP contribution in [0.2, 0.25) is 0 Å². The predicted molar refractivity (Wildman–Crippen MR) is 60.9 cm³/mol. The maximum Gasteiger partial charge on any atom is 0.177 e. The Hall–Kier alpha value is -1.55. The van der Waals surface area contributed by atoms with Gasteiger partial charge < -0.3 is 15.6 Å². The molecule has 0 radical (unpaired) electrons. The fraction of sp³-hybridized carbons (Fsp3) is 0.364. The van der Waals surface area contributed by atoms with Gasteiger partial charge in [-0.1, -0.05) is 17.3 Å². The van der Waals surface area contributed by atoms with Crippen LogP contribution < -0.4 is 11.1 Å². The van der Waals surface area contributed by atoms with Gasteiger partial charge in [0.1, 0.15) is 0 Å². The normalized spacial score (nSPS) is 10.8. The summed E-state index contributed by atoms with van der Waals surface area (Å²) in [6, 6.07) is 6.02. The molecule has 15 heavy (non-hydrogen) atoms. The van der Waals surface area contributed by atoms with E-state index < -0.39 is 0 Å². The van der Waals surface area contributed by atoms with Crippen molar-refractivity contribution in [1.29, 1.82) is 0 Å². The van der Waals surface area contributed by atoms with Crippen molar-refractivity contribution >= 4 is 16.8 Å². The molecule has 0 spiro atoms. The molecule has 4 heteroatoms. The van der Waals surface area contributed by atoms with E-state index in [0.717, 1.165) is 35.3 Å². The van der Waals surface area contributed by atoms with Gasteiger partial charge in [0.25, 0.3) is 0 Å². The second-order valence-corrected chi connectivity index (χ2v) is 3.55. The average Bonchev–Trinajstić information content (AvgIpc) is 2.64. The number of nitrogens with two attached hydrogens (primary N) is 1. The quantitative estimate of drug-likeness (QED) is 0.748. The lowest BCUT2D eigenvalue weighted by Gasteiger charge is -2.00. The average molecular weight is 205 g/mol. The Bertz CT molecular complexity index is 450. The number of aromatic nitrogens is 1. The van der Waals surface area contributed by atoms with Crippen LogP contribution in [0.25, 0.3) is 11.0 Å². The summed E-state index contributed by atoms with van der Waals surface area (Å²) < 4.78 is 5.27.